The number of hydrogen-bond donors (Lipinski definition) is 0. The molecule has 0 aliphatic rings. The second-order valence-corrected chi connectivity index (χ2v) is 20.2. The van der Waals surface area contributed by atoms with Crippen molar-refractivity contribution in [2.45, 2.75) is 90.9 Å². The lowest BCUT2D eigenvalue weighted by atomic mass is 10.1. The van der Waals surface area contributed by atoms with Crippen LogP contribution in [0.1, 0.15) is 89.2 Å². The average molecular weight is 1090 g/mol. The summed E-state index contributed by atoms with van der Waals surface area (Å²) in [5, 5.41) is 1.11. The maximum atomic E-state index is 6.37. The Morgan fingerprint density at radius 3 is 1.17 bits per heavy atom. The van der Waals surface area contributed by atoms with Gasteiger partial charge in [-0.3, -0.25) is 0 Å². The summed E-state index contributed by atoms with van der Waals surface area (Å²) in [4.78, 5) is 4.51. The van der Waals surface area contributed by atoms with Gasteiger partial charge in [-0.05, 0) is 205 Å². The fourth-order valence-corrected chi connectivity index (χ4v) is 9.55. The number of nitrogens with zero attached hydrogens (tertiary/aromatic N) is 2. The van der Waals surface area contributed by atoms with Crippen molar-refractivity contribution in [3.05, 3.63) is 209 Å². The van der Waals surface area contributed by atoms with Crippen LogP contribution in [0.4, 0.5) is 34.1 Å². The molecule has 1 atom stereocenters. The van der Waals surface area contributed by atoms with E-state index in [0.29, 0.717) is 13.2 Å². The molecule has 0 bridgehead atoms. The first-order valence-electron chi connectivity index (χ1n) is 25.8. The number of halogens is 1. The van der Waals surface area contributed by atoms with Crippen molar-refractivity contribution in [3.63, 3.8) is 0 Å². The number of aryl methyl sites for hydroxylation is 2. The molecule has 8 aromatic rings. The molecule has 0 aliphatic carbocycles. The predicted octanol–water partition coefficient (Wildman–Crippen LogP) is 18.8. The molecule has 0 saturated heterocycles. The van der Waals surface area contributed by atoms with Crippen molar-refractivity contribution in [3.8, 4) is 34.5 Å². The molecular weight excluding hydrogens is 1020 g/mol. The van der Waals surface area contributed by atoms with Gasteiger partial charge in [0.05, 0.1) is 13.2 Å². The van der Waals surface area contributed by atoms with Gasteiger partial charge in [0.2, 0.25) is 0 Å². The van der Waals surface area contributed by atoms with Crippen LogP contribution < -0.4 is 34.1 Å². The Kier molecular flexibility index (Phi) is 19.9. The number of hydrogen-bond acceptors (Lipinski definition) is 6. The van der Waals surface area contributed by atoms with E-state index in [2.05, 4.69) is 213 Å². The zero-order valence-electron chi connectivity index (χ0n) is 41.9. The monoisotopic (exact) mass is 1090 g/mol. The van der Waals surface area contributed by atoms with Gasteiger partial charge in [-0.25, -0.2) is 0 Å². The Bertz CT molecular complexity index is 2680. The van der Waals surface area contributed by atoms with Gasteiger partial charge in [0, 0.05) is 49.8 Å². The summed E-state index contributed by atoms with van der Waals surface area (Å²) in [7, 11) is 2.82. The highest BCUT2D eigenvalue weighted by Crippen LogP contribution is 2.39. The minimum atomic E-state index is 0.574. The molecule has 8 aromatic carbocycles. The van der Waals surface area contributed by atoms with Crippen LogP contribution in [0.25, 0.3) is 0 Å². The van der Waals surface area contributed by atoms with Gasteiger partial charge in [-0.15, -0.1) is 9.24 Å². The maximum Gasteiger partial charge on any atom is 0.127 e. The summed E-state index contributed by atoms with van der Waals surface area (Å²) >= 11 is 2.38. The van der Waals surface area contributed by atoms with Crippen LogP contribution in [-0.2, 0) is 12.8 Å². The van der Waals surface area contributed by atoms with Crippen molar-refractivity contribution in [1.29, 1.82) is 0 Å². The molecule has 6 nitrogen and oxygen atoms in total. The van der Waals surface area contributed by atoms with Gasteiger partial charge in [0.15, 0.2) is 0 Å². The van der Waals surface area contributed by atoms with E-state index in [-0.39, 0.29) is 0 Å². The van der Waals surface area contributed by atoms with Gasteiger partial charge >= 0.3 is 0 Å². The van der Waals surface area contributed by atoms with Crippen LogP contribution in [0.2, 0.25) is 0 Å². The molecule has 0 radical (unpaired) electrons. The van der Waals surface area contributed by atoms with Gasteiger partial charge in [0.25, 0.3) is 0 Å². The number of anilines is 6. The molecular formula is C64H68IN2O4P. The highest BCUT2D eigenvalue weighted by Gasteiger charge is 2.16. The summed E-state index contributed by atoms with van der Waals surface area (Å²) < 4.78 is 26.5. The van der Waals surface area contributed by atoms with E-state index in [9.17, 15) is 0 Å². The predicted molar refractivity (Wildman–Crippen MR) is 313 cm³/mol. The van der Waals surface area contributed by atoms with Gasteiger partial charge in [0.1, 0.15) is 34.5 Å². The van der Waals surface area contributed by atoms with Crippen molar-refractivity contribution in [2.24, 2.45) is 0 Å². The summed E-state index contributed by atoms with van der Waals surface area (Å²) in [6, 6.07) is 67.3. The maximum absolute atomic E-state index is 6.37. The highest BCUT2D eigenvalue weighted by atomic mass is 127. The van der Waals surface area contributed by atoms with Crippen molar-refractivity contribution in [2.75, 3.05) is 23.0 Å². The molecule has 0 N–H and O–H groups in total. The third kappa shape index (κ3) is 15.6. The summed E-state index contributed by atoms with van der Waals surface area (Å²) in [6.07, 6.45) is 14.0. The molecule has 8 rings (SSSR count). The Balaban J connectivity index is 0.859. The van der Waals surface area contributed by atoms with Gasteiger partial charge < -0.3 is 28.7 Å². The molecule has 0 heterocycles. The topological polar surface area (TPSA) is 43.4 Å². The van der Waals surface area contributed by atoms with Gasteiger partial charge in [-0.2, -0.15) is 0 Å². The highest BCUT2D eigenvalue weighted by molar-refractivity contribution is 14.1. The molecule has 1 unspecified atom stereocenters. The van der Waals surface area contributed by atoms with Crippen LogP contribution in [0.15, 0.2) is 194 Å². The summed E-state index contributed by atoms with van der Waals surface area (Å²) in [5.74, 6) is 4.92. The third-order valence-corrected chi connectivity index (χ3v) is 13.6. The van der Waals surface area contributed by atoms with Gasteiger partial charge in [-0.1, -0.05) is 107 Å². The molecule has 0 aromatic heterocycles. The molecule has 72 heavy (non-hydrogen) atoms. The zero-order valence-corrected chi connectivity index (χ0v) is 45.2. The minimum absolute atomic E-state index is 0.574. The number of rotatable bonds is 27. The molecule has 0 aliphatic heterocycles. The second kappa shape index (κ2) is 27.5. The Morgan fingerprint density at radius 1 is 0.361 bits per heavy atom. The van der Waals surface area contributed by atoms with Crippen LogP contribution in [-0.4, -0.2) is 13.2 Å². The van der Waals surface area contributed by atoms with E-state index in [0.717, 1.165) is 103 Å². The van der Waals surface area contributed by atoms with E-state index in [1.165, 1.54) is 62.5 Å². The molecule has 0 saturated carbocycles. The van der Waals surface area contributed by atoms with Crippen molar-refractivity contribution in [1.82, 2.24) is 0 Å². The fourth-order valence-electron chi connectivity index (χ4n) is 8.74. The second-order valence-electron chi connectivity index (χ2n) is 18.2. The smallest absolute Gasteiger partial charge is 0.127 e. The van der Waals surface area contributed by atoms with Crippen LogP contribution in [0, 0.1) is 3.57 Å². The lowest BCUT2D eigenvalue weighted by Gasteiger charge is -2.26. The van der Waals surface area contributed by atoms with E-state index in [1.807, 2.05) is 36.4 Å². The van der Waals surface area contributed by atoms with E-state index >= 15 is 0 Å². The van der Waals surface area contributed by atoms with Crippen LogP contribution in [0.3, 0.4) is 0 Å². The summed E-state index contributed by atoms with van der Waals surface area (Å²) in [6.45, 7) is 5.65. The van der Waals surface area contributed by atoms with Crippen LogP contribution in [0.5, 0.6) is 34.5 Å². The largest absolute Gasteiger partial charge is 0.494 e. The molecule has 370 valence electrons. The first-order valence-corrected chi connectivity index (χ1v) is 27.5. The third-order valence-electron chi connectivity index (χ3n) is 12.6. The molecule has 0 fully saturated rings. The van der Waals surface area contributed by atoms with E-state index < -0.39 is 0 Å². The number of unbranched alkanes of at least 4 members (excludes halogenated alkanes) is 7. The van der Waals surface area contributed by atoms with Crippen molar-refractivity contribution >= 4 is 71.3 Å². The average Bonchev–Trinajstić information content (AvgIpc) is 3.40. The zero-order chi connectivity index (χ0) is 49.7. The standard InChI is InChI=1S/C64H68IN2O4P/c1-3-5-7-9-17-49-27-35-58(36-28-49)70-60-39-31-52(32-40-60)66(54-20-13-19-51(65)45-54)55-21-14-24-62(46-55)68-43-11-12-44-69-63-25-15-22-56(47-63)67(57-23-16-26-64(72)48-57)53-33-41-61(42-34-53)71-59-37-29-50(30-38-59)18-10-8-6-4-2/h13-16,19-42,45-48H,3-12,17-18,43-44,72H2,1-2H3. The number of ether oxygens (including phenoxy) is 4. The Labute approximate surface area is 444 Å². The number of benzene rings is 8. The quantitative estimate of drug-likeness (QED) is 0.0290. The Hall–Kier alpha value is -6.28. The molecule has 0 spiro atoms. The normalized spacial score (nSPS) is 11.0. The lowest BCUT2D eigenvalue weighted by Crippen LogP contribution is -2.11. The summed E-state index contributed by atoms with van der Waals surface area (Å²) in [5.41, 5.74) is 8.90. The first-order chi connectivity index (χ1) is 35.4. The fraction of sp³-hybridized carbons (Fsp3) is 0.250. The van der Waals surface area contributed by atoms with Crippen LogP contribution >= 0.6 is 31.8 Å². The van der Waals surface area contributed by atoms with Crippen molar-refractivity contribution < 1.29 is 18.9 Å². The SMILES string of the molecule is CCCCCCc1ccc(Oc2ccc(N(c3cccc(P)c3)c3cccc(OCCCCOc4cccc(N(c5ccc(Oc6ccc(CCCCCC)cc6)cc5)c5cccc(I)c5)c4)c3)cc2)cc1. The Morgan fingerprint density at radius 2 is 0.750 bits per heavy atom. The van der Waals surface area contributed by atoms with E-state index in [1.54, 1.807) is 0 Å². The lowest BCUT2D eigenvalue weighted by molar-refractivity contribution is 0.266. The first kappa shape index (κ1) is 52.1. The minimum Gasteiger partial charge on any atom is -0.494 e. The van der Waals surface area contributed by atoms with E-state index in [4.69, 9.17) is 18.9 Å². The molecule has 0 amide bonds. The molecule has 8 heteroatoms.